The van der Waals surface area contributed by atoms with E-state index in [1.165, 1.54) is 23.5 Å². The highest BCUT2D eigenvalue weighted by Crippen LogP contribution is 2.40. The second-order valence-corrected chi connectivity index (χ2v) is 16.8. The molecule has 4 N–H and O–H groups in total. The molecule has 0 bridgehead atoms. The molecule has 2 aliphatic heterocycles. The summed E-state index contributed by atoms with van der Waals surface area (Å²) in [6, 6.07) is 5.18. The van der Waals surface area contributed by atoms with E-state index in [4.69, 9.17) is 4.84 Å². The van der Waals surface area contributed by atoms with E-state index >= 15 is 0 Å². The maximum Gasteiger partial charge on any atom is 0.289 e. The zero-order valence-electron chi connectivity index (χ0n) is 32.7. The van der Waals surface area contributed by atoms with Crippen molar-refractivity contribution in [2.75, 3.05) is 6.54 Å². The molecule has 1 spiro atoms. The van der Waals surface area contributed by atoms with Crippen molar-refractivity contribution < 1.29 is 33.6 Å². The number of oxime groups is 1. The number of nitrogens with one attached hydrogen (secondary N) is 4. The van der Waals surface area contributed by atoms with E-state index in [0.717, 1.165) is 50.5 Å². The highest BCUT2D eigenvalue weighted by atomic mass is 16.7. The van der Waals surface area contributed by atoms with E-state index in [0.29, 0.717) is 18.6 Å². The Kier molecular flexibility index (Phi) is 12.5. The SMILES string of the molecule is CCC[C@H](NC(=O)[C@@H]1C[C@]2(CC(c3ccccc3)=NO2)CN1C(=O)[C@@H](NC(=O)[C@@H](NC(=O)c1cnccn1)C1CCCCC1)C(C)(C)C)C(=O)C(=O)NC1CC1. The van der Waals surface area contributed by atoms with Crippen LogP contribution in [-0.2, 0) is 28.8 Å². The minimum absolute atomic E-state index is 0.0176. The van der Waals surface area contributed by atoms with Crippen LogP contribution in [0.25, 0.3) is 0 Å². The number of Topliss-reactive ketones (excluding diaryl/α,β-unsaturated/α-hetero) is 1. The number of carbonyl (C=O) groups excluding carboxylic acids is 6. The van der Waals surface area contributed by atoms with Crippen molar-refractivity contribution >= 4 is 41.0 Å². The third-order valence-electron chi connectivity index (χ3n) is 11.2. The van der Waals surface area contributed by atoms with Crippen molar-refractivity contribution in [3.05, 3.63) is 60.2 Å². The van der Waals surface area contributed by atoms with Gasteiger partial charge in [-0.3, -0.25) is 33.8 Å². The predicted octanol–water partition coefficient (Wildman–Crippen LogP) is 2.98. The zero-order valence-corrected chi connectivity index (χ0v) is 32.7. The average Bonchev–Trinajstić information content (AvgIpc) is 3.79. The molecule has 0 radical (unpaired) electrons. The van der Waals surface area contributed by atoms with Gasteiger partial charge in [-0.2, -0.15) is 0 Å². The summed E-state index contributed by atoms with van der Waals surface area (Å²) in [4.78, 5) is 98.7. The monoisotopic (exact) mass is 770 g/mol. The quantitative estimate of drug-likeness (QED) is 0.209. The second kappa shape index (κ2) is 17.3. The van der Waals surface area contributed by atoms with Crippen molar-refractivity contribution in [1.82, 2.24) is 36.1 Å². The molecule has 15 nitrogen and oxygen atoms in total. The minimum atomic E-state index is -1.13. The Bertz CT molecular complexity index is 1810. The summed E-state index contributed by atoms with van der Waals surface area (Å²) in [7, 11) is 0. The van der Waals surface area contributed by atoms with Crippen molar-refractivity contribution in [2.45, 2.75) is 134 Å². The summed E-state index contributed by atoms with van der Waals surface area (Å²) in [5.74, 6) is -3.83. The summed E-state index contributed by atoms with van der Waals surface area (Å²) in [5, 5.41) is 15.8. The predicted molar refractivity (Wildman–Crippen MR) is 206 cm³/mol. The molecular formula is C41H54N8O7. The van der Waals surface area contributed by atoms with E-state index in [1.54, 1.807) is 0 Å². The lowest BCUT2D eigenvalue weighted by atomic mass is 9.82. The first-order valence-electron chi connectivity index (χ1n) is 19.9. The number of ketones is 1. The van der Waals surface area contributed by atoms with E-state index < -0.39 is 70.5 Å². The molecule has 5 atom stereocenters. The summed E-state index contributed by atoms with van der Waals surface area (Å²) in [5.41, 5.74) is -0.316. The first kappa shape index (κ1) is 40.5. The molecule has 2 aromatic rings. The molecule has 1 saturated heterocycles. The lowest BCUT2D eigenvalue weighted by Gasteiger charge is -2.37. The number of hydrogen-bond acceptors (Lipinski definition) is 10. The highest BCUT2D eigenvalue weighted by Gasteiger charge is 2.56. The first-order chi connectivity index (χ1) is 26.8. The molecule has 1 aromatic heterocycles. The third kappa shape index (κ3) is 9.59. The van der Waals surface area contributed by atoms with Gasteiger partial charge >= 0.3 is 0 Å². The fourth-order valence-electron chi connectivity index (χ4n) is 7.93. The molecular weight excluding hydrogens is 716 g/mol. The van der Waals surface area contributed by atoms with Crippen molar-refractivity contribution in [3.63, 3.8) is 0 Å². The Morgan fingerprint density at radius 3 is 2.32 bits per heavy atom. The van der Waals surface area contributed by atoms with Crippen LogP contribution in [0.5, 0.6) is 0 Å². The standard InChI is InChI=1S/C41H54N8O7/c1-5-12-28(33(50)38(54)44-27-17-18-27)45-36(52)31-22-41(21-29(48-56-41)25-13-8-6-9-14-25)24-49(31)39(55)34(40(2,3)4)47-37(53)32(26-15-10-7-11-16-26)46-35(51)30-23-42-19-20-43-30/h6,8-9,13-14,19-20,23,26-28,31-32,34H,5,7,10-12,15-18,21-22,24H2,1-4H3,(H,44,54)(H,45,52)(H,46,51)(H,47,53)/t28-,31-,32-,34+,41+/m0/s1. The van der Waals surface area contributed by atoms with Gasteiger partial charge < -0.3 is 31.0 Å². The molecule has 2 saturated carbocycles. The molecule has 3 heterocycles. The number of nitrogens with zero attached hydrogens (tertiary/aromatic N) is 4. The maximum atomic E-state index is 15.0. The molecule has 1 aromatic carbocycles. The molecule has 3 fully saturated rings. The van der Waals surface area contributed by atoms with Crippen LogP contribution in [-0.4, -0.2) is 98.3 Å². The Morgan fingerprint density at radius 1 is 0.946 bits per heavy atom. The van der Waals surface area contributed by atoms with Gasteiger partial charge in [0.1, 0.15) is 23.8 Å². The Labute approximate surface area is 327 Å². The molecule has 2 aliphatic carbocycles. The van der Waals surface area contributed by atoms with Crippen LogP contribution in [0.2, 0.25) is 0 Å². The average molecular weight is 771 g/mol. The number of aromatic nitrogens is 2. The van der Waals surface area contributed by atoms with E-state index in [2.05, 4.69) is 36.4 Å². The highest BCUT2D eigenvalue weighted by molar-refractivity contribution is 6.38. The van der Waals surface area contributed by atoms with E-state index in [1.807, 2.05) is 58.0 Å². The largest absolute Gasteiger partial charge is 0.387 e. The maximum absolute atomic E-state index is 15.0. The molecule has 56 heavy (non-hydrogen) atoms. The summed E-state index contributed by atoms with van der Waals surface area (Å²) in [6.45, 7) is 7.30. The normalized spacial score (nSPS) is 22.6. The van der Waals surface area contributed by atoms with Gasteiger partial charge in [-0.15, -0.1) is 0 Å². The summed E-state index contributed by atoms with van der Waals surface area (Å²) in [6.07, 6.45) is 11.2. The summed E-state index contributed by atoms with van der Waals surface area (Å²) < 4.78 is 0. The number of rotatable bonds is 14. The van der Waals surface area contributed by atoms with Crippen molar-refractivity contribution in [1.29, 1.82) is 0 Å². The third-order valence-corrected chi connectivity index (χ3v) is 11.2. The van der Waals surface area contributed by atoms with Gasteiger partial charge in [-0.1, -0.05) is 88.9 Å². The van der Waals surface area contributed by atoms with Crippen LogP contribution >= 0.6 is 0 Å². The van der Waals surface area contributed by atoms with Gasteiger partial charge in [-0.05, 0) is 49.0 Å². The smallest absolute Gasteiger partial charge is 0.289 e. The van der Waals surface area contributed by atoms with Gasteiger partial charge in [0, 0.05) is 31.3 Å². The fourth-order valence-corrected chi connectivity index (χ4v) is 7.93. The Hall–Kier alpha value is -5.21. The van der Waals surface area contributed by atoms with Crippen LogP contribution in [0.15, 0.2) is 54.1 Å². The lowest BCUT2D eigenvalue weighted by molar-refractivity contribution is -0.145. The van der Waals surface area contributed by atoms with Gasteiger partial charge in [-0.25, -0.2) is 4.98 Å². The number of amides is 5. The molecule has 15 heteroatoms. The Morgan fingerprint density at radius 2 is 1.68 bits per heavy atom. The number of likely N-dealkylation sites (tertiary alicyclic amines) is 1. The van der Waals surface area contributed by atoms with Crippen molar-refractivity contribution in [3.8, 4) is 0 Å². The van der Waals surface area contributed by atoms with Crippen LogP contribution in [0, 0.1) is 11.3 Å². The molecule has 5 amide bonds. The minimum Gasteiger partial charge on any atom is -0.387 e. The van der Waals surface area contributed by atoms with Gasteiger partial charge in [0.05, 0.1) is 24.5 Å². The first-order valence-corrected chi connectivity index (χ1v) is 19.9. The van der Waals surface area contributed by atoms with Gasteiger partial charge in [0.15, 0.2) is 5.60 Å². The van der Waals surface area contributed by atoms with Crippen LogP contribution in [0.1, 0.15) is 114 Å². The van der Waals surface area contributed by atoms with Crippen LogP contribution in [0.4, 0.5) is 0 Å². The zero-order chi connectivity index (χ0) is 40.0. The topological polar surface area (TPSA) is 201 Å². The summed E-state index contributed by atoms with van der Waals surface area (Å²) >= 11 is 0. The van der Waals surface area contributed by atoms with E-state index in [9.17, 15) is 28.8 Å². The van der Waals surface area contributed by atoms with Crippen LogP contribution < -0.4 is 21.3 Å². The number of benzene rings is 1. The van der Waals surface area contributed by atoms with Crippen LogP contribution in [0.3, 0.4) is 0 Å². The molecule has 0 unspecified atom stereocenters. The van der Waals surface area contributed by atoms with Gasteiger partial charge in [0.25, 0.3) is 11.8 Å². The molecule has 4 aliphatic rings. The van der Waals surface area contributed by atoms with Gasteiger partial charge in [0.2, 0.25) is 23.5 Å². The second-order valence-electron chi connectivity index (χ2n) is 16.8. The van der Waals surface area contributed by atoms with E-state index in [-0.39, 0.29) is 37.0 Å². The lowest BCUT2D eigenvalue weighted by Crippen LogP contribution is -2.62. The van der Waals surface area contributed by atoms with Crippen molar-refractivity contribution in [2.24, 2.45) is 16.5 Å². The number of carbonyl (C=O) groups is 6. The number of hydrogen-bond donors (Lipinski definition) is 4. The fraction of sp³-hybridized carbons (Fsp3) is 0.585. The Balaban J connectivity index is 1.27. The molecule has 6 rings (SSSR count). The molecule has 300 valence electrons.